The normalized spacial score (nSPS) is 20.3. The van der Waals surface area contributed by atoms with Crippen molar-refractivity contribution in [2.24, 2.45) is 5.41 Å². The van der Waals surface area contributed by atoms with E-state index in [9.17, 15) is 9.59 Å². The highest BCUT2D eigenvalue weighted by Crippen LogP contribution is 2.34. The van der Waals surface area contributed by atoms with Gasteiger partial charge in [-0.3, -0.25) is 4.79 Å². The van der Waals surface area contributed by atoms with Crippen LogP contribution in [0.3, 0.4) is 0 Å². The van der Waals surface area contributed by atoms with Crippen molar-refractivity contribution in [2.45, 2.75) is 47.0 Å². The van der Waals surface area contributed by atoms with Gasteiger partial charge in [-0.15, -0.1) is 0 Å². The fraction of sp³-hybridized carbons (Fsp3) is 0.714. The molecule has 1 aliphatic heterocycles. The van der Waals surface area contributed by atoms with E-state index in [1.807, 2.05) is 0 Å². The highest BCUT2D eigenvalue weighted by Gasteiger charge is 2.31. The molecule has 0 aromatic rings. The Bertz CT molecular complexity index is 377. The fourth-order valence-electron chi connectivity index (χ4n) is 2.16. The van der Waals surface area contributed by atoms with Crippen molar-refractivity contribution in [3.8, 4) is 0 Å². The molecule has 0 aromatic carbocycles. The smallest absolute Gasteiger partial charge is 0.331 e. The summed E-state index contributed by atoms with van der Waals surface area (Å²) >= 11 is 0. The maximum atomic E-state index is 12.1. The number of carboxylic acids is 1. The van der Waals surface area contributed by atoms with Crippen LogP contribution in [0.2, 0.25) is 0 Å². The van der Waals surface area contributed by atoms with Crippen molar-refractivity contribution in [3.63, 3.8) is 0 Å². The average molecular weight is 253 g/mol. The predicted octanol–water partition coefficient (Wildman–Crippen LogP) is 2.45. The van der Waals surface area contributed by atoms with Gasteiger partial charge in [0.2, 0.25) is 5.91 Å². The van der Waals surface area contributed by atoms with Crippen LogP contribution in [0.25, 0.3) is 0 Å². The monoisotopic (exact) mass is 253 g/mol. The van der Waals surface area contributed by atoms with Gasteiger partial charge in [0.15, 0.2) is 0 Å². The van der Waals surface area contributed by atoms with Crippen LogP contribution < -0.4 is 0 Å². The Balaban J connectivity index is 2.72. The fourth-order valence-corrected chi connectivity index (χ4v) is 2.16. The molecule has 0 aliphatic carbocycles. The maximum Gasteiger partial charge on any atom is 0.331 e. The first-order chi connectivity index (χ1) is 8.30. The molecule has 0 aromatic heterocycles. The molecule has 1 heterocycles. The van der Waals surface area contributed by atoms with E-state index >= 15 is 0 Å². The van der Waals surface area contributed by atoms with E-state index < -0.39 is 5.97 Å². The Morgan fingerprint density at radius 1 is 1.17 bits per heavy atom. The molecule has 1 saturated heterocycles. The van der Waals surface area contributed by atoms with Crippen LogP contribution in [0.5, 0.6) is 0 Å². The Morgan fingerprint density at radius 2 is 1.67 bits per heavy atom. The predicted molar refractivity (Wildman–Crippen MR) is 70.2 cm³/mol. The summed E-state index contributed by atoms with van der Waals surface area (Å²) in [7, 11) is 0. The molecule has 18 heavy (non-hydrogen) atoms. The quantitative estimate of drug-likeness (QED) is 0.786. The molecule has 1 rings (SSSR count). The molecule has 4 nitrogen and oxygen atoms in total. The van der Waals surface area contributed by atoms with Gasteiger partial charge in [-0.1, -0.05) is 20.3 Å². The number of likely N-dealkylation sites (tertiary alicyclic amines) is 1. The van der Waals surface area contributed by atoms with Crippen LogP contribution in [0, 0.1) is 5.41 Å². The molecular formula is C14H23NO3. The van der Waals surface area contributed by atoms with E-state index in [1.54, 1.807) is 11.8 Å². The number of hydrogen-bond donors (Lipinski definition) is 1. The number of carboxylic acid groups (broad SMARTS) is 1. The number of piperidine rings is 1. The molecule has 1 amide bonds. The average Bonchev–Trinajstić information content (AvgIpc) is 2.37. The first-order valence-electron chi connectivity index (χ1n) is 6.51. The second-order valence-corrected chi connectivity index (χ2v) is 5.51. The Kier molecular flexibility index (Phi) is 4.54. The summed E-state index contributed by atoms with van der Waals surface area (Å²) in [6.45, 7) is 8.97. The molecule has 0 spiro atoms. The highest BCUT2D eigenvalue weighted by atomic mass is 16.4. The van der Waals surface area contributed by atoms with Gasteiger partial charge in [-0.25, -0.2) is 4.79 Å². The van der Waals surface area contributed by atoms with Gasteiger partial charge in [0.1, 0.15) is 0 Å². The summed E-state index contributed by atoms with van der Waals surface area (Å²) in [6.07, 6.45) is 3.11. The van der Waals surface area contributed by atoms with Crippen LogP contribution in [0.1, 0.15) is 47.0 Å². The lowest BCUT2D eigenvalue weighted by Crippen LogP contribution is -2.42. The molecule has 0 bridgehead atoms. The van der Waals surface area contributed by atoms with Crippen LogP contribution in [-0.2, 0) is 9.59 Å². The van der Waals surface area contributed by atoms with Crippen molar-refractivity contribution in [2.75, 3.05) is 13.1 Å². The standard InChI is InChI=1S/C14H23NO3/c1-5-14(4)6-8-15(9-7-14)12(16)10(2)11(3)13(17)18/h5-9H2,1-4H3,(H,17,18). The van der Waals surface area contributed by atoms with Crippen molar-refractivity contribution in [1.29, 1.82) is 0 Å². The summed E-state index contributed by atoms with van der Waals surface area (Å²) in [5, 5.41) is 8.89. The molecule has 102 valence electrons. The largest absolute Gasteiger partial charge is 0.478 e. The zero-order chi connectivity index (χ0) is 13.9. The van der Waals surface area contributed by atoms with E-state index in [2.05, 4.69) is 13.8 Å². The zero-order valence-corrected chi connectivity index (χ0v) is 11.7. The second kappa shape index (κ2) is 5.55. The van der Waals surface area contributed by atoms with Crippen LogP contribution >= 0.6 is 0 Å². The Labute approximate surface area is 109 Å². The number of amides is 1. The van der Waals surface area contributed by atoms with Crippen LogP contribution in [-0.4, -0.2) is 35.0 Å². The first-order valence-corrected chi connectivity index (χ1v) is 6.51. The van der Waals surface area contributed by atoms with E-state index in [0.717, 1.165) is 32.4 Å². The number of nitrogens with zero attached hydrogens (tertiary/aromatic N) is 1. The van der Waals surface area contributed by atoms with Crippen molar-refractivity contribution < 1.29 is 14.7 Å². The van der Waals surface area contributed by atoms with Crippen LogP contribution in [0.15, 0.2) is 11.1 Å². The number of carbonyl (C=O) groups is 2. The summed E-state index contributed by atoms with van der Waals surface area (Å²) in [5.74, 6) is -1.15. The van der Waals surface area contributed by atoms with Gasteiger partial charge < -0.3 is 10.0 Å². The molecule has 0 unspecified atom stereocenters. The summed E-state index contributed by atoms with van der Waals surface area (Å²) in [4.78, 5) is 24.8. The third-order valence-electron chi connectivity index (χ3n) is 4.32. The minimum absolute atomic E-state index is 0.131. The van der Waals surface area contributed by atoms with Gasteiger partial charge in [-0.05, 0) is 32.1 Å². The lowest BCUT2D eigenvalue weighted by atomic mass is 9.78. The van der Waals surface area contributed by atoms with Crippen molar-refractivity contribution in [1.82, 2.24) is 4.90 Å². The number of hydrogen-bond acceptors (Lipinski definition) is 2. The van der Waals surface area contributed by atoms with E-state index in [4.69, 9.17) is 5.11 Å². The van der Waals surface area contributed by atoms with Gasteiger partial charge in [-0.2, -0.15) is 0 Å². The lowest BCUT2D eigenvalue weighted by Gasteiger charge is -2.39. The highest BCUT2D eigenvalue weighted by molar-refractivity contribution is 6.01. The summed E-state index contributed by atoms with van der Waals surface area (Å²) in [5.41, 5.74) is 0.822. The zero-order valence-electron chi connectivity index (χ0n) is 11.7. The van der Waals surface area contributed by atoms with Crippen molar-refractivity contribution >= 4 is 11.9 Å². The van der Waals surface area contributed by atoms with E-state index in [-0.39, 0.29) is 11.5 Å². The molecule has 4 heteroatoms. The molecule has 0 radical (unpaired) electrons. The van der Waals surface area contributed by atoms with E-state index in [1.165, 1.54) is 6.92 Å². The van der Waals surface area contributed by atoms with E-state index in [0.29, 0.717) is 11.0 Å². The summed E-state index contributed by atoms with van der Waals surface area (Å²) in [6, 6.07) is 0. The molecule has 1 aliphatic rings. The number of rotatable bonds is 3. The lowest BCUT2D eigenvalue weighted by molar-refractivity contribution is -0.134. The molecule has 0 atom stereocenters. The molecule has 1 fully saturated rings. The third-order valence-corrected chi connectivity index (χ3v) is 4.32. The van der Waals surface area contributed by atoms with Gasteiger partial charge in [0.25, 0.3) is 0 Å². The number of carbonyl (C=O) groups excluding carboxylic acids is 1. The summed E-state index contributed by atoms with van der Waals surface area (Å²) < 4.78 is 0. The molecular weight excluding hydrogens is 230 g/mol. The minimum Gasteiger partial charge on any atom is -0.478 e. The van der Waals surface area contributed by atoms with Gasteiger partial charge >= 0.3 is 5.97 Å². The molecule has 1 N–H and O–H groups in total. The Hall–Kier alpha value is -1.32. The second-order valence-electron chi connectivity index (χ2n) is 5.51. The minimum atomic E-state index is -1.02. The van der Waals surface area contributed by atoms with Gasteiger partial charge in [0, 0.05) is 24.2 Å². The maximum absolute atomic E-state index is 12.1. The molecule has 0 saturated carbocycles. The first kappa shape index (κ1) is 14.7. The topological polar surface area (TPSA) is 57.6 Å². The SMILES string of the molecule is CCC1(C)CCN(C(=O)C(C)=C(C)C(=O)O)CC1. The third kappa shape index (κ3) is 3.12. The Morgan fingerprint density at radius 3 is 2.06 bits per heavy atom. The number of aliphatic carboxylic acids is 1. The van der Waals surface area contributed by atoms with Gasteiger partial charge in [0.05, 0.1) is 0 Å². The van der Waals surface area contributed by atoms with Crippen LogP contribution in [0.4, 0.5) is 0 Å². The van der Waals surface area contributed by atoms with Crippen molar-refractivity contribution in [3.05, 3.63) is 11.1 Å².